The van der Waals surface area contributed by atoms with Crippen LogP contribution in [0.15, 0.2) is 24.3 Å². The van der Waals surface area contributed by atoms with E-state index in [1.807, 2.05) is 17.0 Å². The maximum absolute atomic E-state index is 12.8. The zero-order chi connectivity index (χ0) is 18.0. The van der Waals surface area contributed by atoms with Crippen molar-refractivity contribution < 1.29 is 9.53 Å². The Kier molecular flexibility index (Phi) is 5.46. The minimum Gasteiger partial charge on any atom is -0.379 e. The fourth-order valence-corrected chi connectivity index (χ4v) is 3.92. The highest BCUT2D eigenvalue weighted by atomic mass is 16.5. The van der Waals surface area contributed by atoms with E-state index in [-0.39, 0.29) is 11.4 Å². The van der Waals surface area contributed by atoms with Crippen molar-refractivity contribution in [2.24, 2.45) is 0 Å². The maximum atomic E-state index is 12.8. The first-order valence-electron chi connectivity index (χ1n) is 9.31. The molecule has 0 bridgehead atoms. The van der Waals surface area contributed by atoms with Crippen molar-refractivity contribution >= 4 is 11.6 Å². The van der Waals surface area contributed by atoms with E-state index in [0.29, 0.717) is 12.6 Å². The van der Waals surface area contributed by atoms with Crippen molar-refractivity contribution in [3.63, 3.8) is 0 Å². The predicted molar refractivity (Wildman–Crippen MR) is 101 cm³/mol. The number of ether oxygens (including phenoxy) is 1. The van der Waals surface area contributed by atoms with Crippen molar-refractivity contribution in [1.29, 1.82) is 0 Å². The molecule has 5 heteroatoms. The molecular formula is C20H31N3O2. The van der Waals surface area contributed by atoms with Gasteiger partial charge in [0.2, 0.25) is 5.91 Å². The van der Waals surface area contributed by atoms with Crippen LogP contribution in [0.1, 0.15) is 26.3 Å². The van der Waals surface area contributed by atoms with Crippen LogP contribution < -0.4 is 4.90 Å². The van der Waals surface area contributed by atoms with E-state index >= 15 is 0 Å². The van der Waals surface area contributed by atoms with Crippen LogP contribution in [-0.2, 0) is 9.53 Å². The third-order valence-electron chi connectivity index (χ3n) is 5.48. The number of hydrogen-bond donors (Lipinski definition) is 0. The van der Waals surface area contributed by atoms with E-state index in [1.165, 1.54) is 5.56 Å². The molecule has 2 heterocycles. The van der Waals surface area contributed by atoms with Crippen molar-refractivity contribution in [3.8, 4) is 0 Å². The van der Waals surface area contributed by atoms with E-state index in [2.05, 4.69) is 49.6 Å². The first-order valence-corrected chi connectivity index (χ1v) is 9.31. The lowest BCUT2D eigenvalue weighted by atomic mass is 9.99. The summed E-state index contributed by atoms with van der Waals surface area (Å²) in [5, 5.41) is 0. The molecule has 25 heavy (non-hydrogen) atoms. The third-order valence-corrected chi connectivity index (χ3v) is 5.48. The van der Waals surface area contributed by atoms with Gasteiger partial charge in [-0.15, -0.1) is 0 Å². The minimum atomic E-state index is 0.0455. The van der Waals surface area contributed by atoms with E-state index in [0.717, 1.165) is 45.1 Å². The largest absolute Gasteiger partial charge is 0.379 e. The van der Waals surface area contributed by atoms with Crippen LogP contribution >= 0.6 is 0 Å². The molecule has 1 atom stereocenters. The highest BCUT2D eigenvalue weighted by Crippen LogP contribution is 2.24. The Morgan fingerprint density at radius 2 is 1.96 bits per heavy atom. The normalized spacial score (nSPS) is 23.9. The fourth-order valence-electron chi connectivity index (χ4n) is 3.92. The van der Waals surface area contributed by atoms with Crippen LogP contribution in [0.2, 0.25) is 0 Å². The highest BCUT2D eigenvalue weighted by Gasteiger charge is 2.36. The number of piperazine rings is 1. The lowest BCUT2D eigenvalue weighted by Crippen LogP contribution is -2.62. The zero-order valence-corrected chi connectivity index (χ0v) is 16.0. The molecular weight excluding hydrogens is 314 g/mol. The van der Waals surface area contributed by atoms with Gasteiger partial charge in [0.1, 0.15) is 0 Å². The Bertz CT molecular complexity index is 611. The quantitative estimate of drug-likeness (QED) is 0.838. The number of benzene rings is 1. The van der Waals surface area contributed by atoms with Gasteiger partial charge in [-0.2, -0.15) is 0 Å². The van der Waals surface area contributed by atoms with Crippen LogP contribution in [0, 0.1) is 6.92 Å². The number of carbonyl (C=O) groups is 1. The van der Waals surface area contributed by atoms with Crippen molar-refractivity contribution in [3.05, 3.63) is 29.8 Å². The molecule has 0 N–H and O–H groups in total. The van der Waals surface area contributed by atoms with Crippen LogP contribution in [0.5, 0.6) is 0 Å². The molecule has 1 unspecified atom stereocenters. The fraction of sp³-hybridized carbons (Fsp3) is 0.650. The molecule has 0 spiro atoms. The number of nitrogens with zero attached hydrogens (tertiary/aromatic N) is 3. The summed E-state index contributed by atoms with van der Waals surface area (Å²) < 4.78 is 5.48. The molecule has 1 aromatic rings. The summed E-state index contributed by atoms with van der Waals surface area (Å²) in [6.45, 7) is 14.6. The summed E-state index contributed by atoms with van der Waals surface area (Å²) in [6, 6.07) is 8.57. The van der Waals surface area contributed by atoms with E-state index in [1.54, 1.807) is 0 Å². The Labute approximate surface area is 151 Å². The number of rotatable bonds is 4. The summed E-state index contributed by atoms with van der Waals surface area (Å²) in [4.78, 5) is 19.5. The number of amides is 1. The molecule has 0 radical (unpaired) electrons. The summed E-state index contributed by atoms with van der Waals surface area (Å²) >= 11 is 0. The highest BCUT2D eigenvalue weighted by molar-refractivity contribution is 5.95. The number of anilines is 1. The first-order chi connectivity index (χ1) is 11.9. The Hall–Kier alpha value is -1.43. The van der Waals surface area contributed by atoms with Gasteiger partial charge in [-0.05, 0) is 45.4 Å². The lowest BCUT2D eigenvalue weighted by Gasteiger charge is -2.47. The minimum absolute atomic E-state index is 0.0455. The first kappa shape index (κ1) is 18.4. The molecule has 2 aliphatic heterocycles. The summed E-state index contributed by atoms with van der Waals surface area (Å²) in [6.07, 6.45) is 0. The lowest BCUT2D eigenvalue weighted by molar-refractivity contribution is -0.123. The van der Waals surface area contributed by atoms with Gasteiger partial charge in [0.25, 0.3) is 0 Å². The molecule has 2 aliphatic rings. The van der Waals surface area contributed by atoms with E-state index < -0.39 is 0 Å². The molecule has 2 fully saturated rings. The molecule has 2 saturated heterocycles. The molecule has 138 valence electrons. The monoisotopic (exact) mass is 345 g/mol. The summed E-state index contributed by atoms with van der Waals surface area (Å²) in [5.41, 5.74) is 2.25. The molecule has 5 nitrogen and oxygen atoms in total. The SMILES string of the molecule is Cc1cccc(N2CC(C)N(CC(C)(C)N3CCOCC3)CC2=O)c1. The van der Waals surface area contributed by atoms with Gasteiger partial charge in [0.05, 0.1) is 19.8 Å². The van der Waals surface area contributed by atoms with Gasteiger partial charge in [-0.25, -0.2) is 0 Å². The Balaban J connectivity index is 1.66. The van der Waals surface area contributed by atoms with Crippen LogP contribution in [0.25, 0.3) is 0 Å². The predicted octanol–water partition coefficient (Wildman–Crippen LogP) is 2.14. The second-order valence-corrected chi connectivity index (χ2v) is 8.01. The van der Waals surface area contributed by atoms with Gasteiger partial charge in [-0.3, -0.25) is 14.6 Å². The smallest absolute Gasteiger partial charge is 0.241 e. The number of aryl methyl sites for hydroxylation is 1. The molecule has 0 aromatic heterocycles. The molecule has 1 aromatic carbocycles. The van der Waals surface area contributed by atoms with Crippen molar-refractivity contribution in [2.45, 2.75) is 39.3 Å². The van der Waals surface area contributed by atoms with E-state index in [9.17, 15) is 4.79 Å². The molecule has 3 rings (SSSR count). The van der Waals surface area contributed by atoms with Crippen molar-refractivity contribution in [2.75, 3.05) is 50.8 Å². The second kappa shape index (κ2) is 7.44. The van der Waals surface area contributed by atoms with Crippen molar-refractivity contribution in [1.82, 2.24) is 9.80 Å². The summed E-state index contributed by atoms with van der Waals surface area (Å²) in [7, 11) is 0. The van der Waals surface area contributed by atoms with Gasteiger partial charge >= 0.3 is 0 Å². The molecule has 0 saturated carbocycles. The average Bonchev–Trinajstić information content (AvgIpc) is 2.58. The Morgan fingerprint density at radius 1 is 1.24 bits per heavy atom. The van der Waals surface area contributed by atoms with Crippen LogP contribution in [0.3, 0.4) is 0 Å². The number of carbonyl (C=O) groups excluding carboxylic acids is 1. The van der Waals surface area contributed by atoms with Gasteiger partial charge in [0, 0.05) is 43.4 Å². The maximum Gasteiger partial charge on any atom is 0.241 e. The Morgan fingerprint density at radius 3 is 2.64 bits per heavy atom. The number of hydrogen-bond acceptors (Lipinski definition) is 4. The molecule has 1 amide bonds. The van der Waals surface area contributed by atoms with Gasteiger partial charge in [0.15, 0.2) is 0 Å². The molecule has 0 aliphatic carbocycles. The van der Waals surface area contributed by atoms with Crippen LogP contribution in [-0.4, -0.2) is 73.2 Å². The summed E-state index contributed by atoms with van der Waals surface area (Å²) in [5.74, 6) is 0.196. The average molecular weight is 345 g/mol. The van der Waals surface area contributed by atoms with Gasteiger partial charge in [-0.1, -0.05) is 12.1 Å². The van der Waals surface area contributed by atoms with Crippen LogP contribution in [0.4, 0.5) is 5.69 Å². The standard InChI is InChI=1S/C20H31N3O2/c1-16-6-5-7-18(12-16)23-13-17(2)21(14-19(23)24)15-20(3,4)22-8-10-25-11-9-22/h5-7,12,17H,8-11,13-15H2,1-4H3. The van der Waals surface area contributed by atoms with E-state index in [4.69, 9.17) is 4.74 Å². The topological polar surface area (TPSA) is 36.0 Å². The van der Waals surface area contributed by atoms with Gasteiger partial charge < -0.3 is 9.64 Å². The number of morpholine rings is 1. The second-order valence-electron chi connectivity index (χ2n) is 8.01. The zero-order valence-electron chi connectivity index (χ0n) is 16.0. The third kappa shape index (κ3) is 4.22.